The van der Waals surface area contributed by atoms with Gasteiger partial charge in [0.05, 0.1) is 18.5 Å². The lowest BCUT2D eigenvalue weighted by atomic mass is 10.0. The van der Waals surface area contributed by atoms with Gasteiger partial charge in [0.15, 0.2) is 11.5 Å². The molecule has 6 nitrogen and oxygen atoms in total. The Morgan fingerprint density at radius 2 is 1.90 bits per heavy atom. The monoisotopic (exact) mass is 407 g/mol. The minimum Gasteiger partial charge on any atom is -0.346 e. The summed E-state index contributed by atoms with van der Waals surface area (Å²) in [5.41, 5.74) is 1.93. The number of nitrogens with one attached hydrogen (secondary N) is 1. The molecule has 4 heterocycles. The highest BCUT2D eigenvalue weighted by atomic mass is 32.1. The zero-order valence-electron chi connectivity index (χ0n) is 16.6. The Balaban J connectivity index is 1.56. The van der Waals surface area contributed by atoms with Crippen LogP contribution in [-0.2, 0) is 4.79 Å². The van der Waals surface area contributed by atoms with E-state index in [1.54, 1.807) is 11.3 Å². The average molecular weight is 408 g/mol. The molecule has 0 radical (unpaired) electrons. The van der Waals surface area contributed by atoms with Gasteiger partial charge in [0.2, 0.25) is 5.91 Å². The zero-order chi connectivity index (χ0) is 20.2. The molecule has 29 heavy (non-hydrogen) atoms. The highest BCUT2D eigenvalue weighted by molar-refractivity contribution is 7.08. The van der Waals surface area contributed by atoms with Crippen molar-refractivity contribution in [2.24, 2.45) is 5.92 Å². The van der Waals surface area contributed by atoms with Gasteiger partial charge in [0.1, 0.15) is 0 Å². The second kappa shape index (κ2) is 8.61. The van der Waals surface area contributed by atoms with Gasteiger partial charge < -0.3 is 9.88 Å². The predicted molar refractivity (Wildman–Crippen MR) is 115 cm³/mol. The second-order valence-corrected chi connectivity index (χ2v) is 8.42. The lowest BCUT2D eigenvalue weighted by Gasteiger charge is -2.22. The Kier molecular flexibility index (Phi) is 5.76. The van der Waals surface area contributed by atoms with Crippen molar-refractivity contribution in [2.45, 2.75) is 38.8 Å². The highest BCUT2D eigenvalue weighted by Gasteiger charge is 2.24. The van der Waals surface area contributed by atoms with E-state index in [1.807, 2.05) is 58.7 Å². The van der Waals surface area contributed by atoms with Crippen LogP contribution >= 0.6 is 11.3 Å². The first-order valence-electron chi connectivity index (χ1n) is 9.85. The minimum atomic E-state index is -0.187. The molecular formula is C22H25N5OS. The SMILES string of the molecule is CC(C)C[C@H](NC(=O)CC(c1ccsc1)n1cccc1)c1nnc2ccccn12. The van der Waals surface area contributed by atoms with E-state index in [-0.39, 0.29) is 18.0 Å². The number of carbonyl (C=O) groups excluding carboxylic acids is 1. The Morgan fingerprint density at radius 1 is 1.10 bits per heavy atom. The van der Waals surface area contributed by atoms with Gasteiger partial charge in [-0.05, 0) is 59.0 Å². The van der Waals surface area contributed by atoms with Crippen LogP contribution in [0.25, 0.3) is 5.65 Å². The molecular weight excluding hydrogens is 382 g/mol. The summed E-state index contributed by atoms with van der Waals surface area (Å²) in [6.45, 7) is 4.30. The molecule has 0 aliphatic rings. The Labute approximate surface area is 174 Å². The first-order valence-corrected chi connectivity index (χ1v) is 10.8. The smallest absolute Gasteiger partial charge is 0.223 e. The molecule has 0 saturated heterocycles. The predicted octanol–water partition coefficient (Wildman–Crippen LogP) is 4.48. The standard InChI is InChI=1S/C22H25N5OS/c1-16(2)13-18(22-25-24-20-7-3-4-11-27(20)22)23-21(28)14-19(17-8-12-29-15-17)26-9-5-6-10-26/h3-12,15-16,18-19H,13-14H2,1-2H3,(H,23,28)/t18-,19?/m0/s1. The Morgan fingerprint density at radius 3 is 2.62 bits per heavy atom. The topological polar surface area (TPSA) is 64.2 Å². The molecule has 150 valence electrons. The maximum absolute atomic E-state index is 13.1. The van der Waals surface area contributed by atoms with Crippen LogP contribution < -0.4 is 5.32 Å². The van der Waals surface area contributed by atoms with Crippen LogP contribution in [0.5, 0.6) is 0 Å². The summed E-state index contributed by atoms with van der Waals surface area (Å²) < 4.78 is 4.04. The van der Waals surface area contributed by atoms with Crippen molar-refractivity contribution < 1.29 is 4.79 Å². The number of hydrogen-bond acceptors (Lipinski definition) is 4. The summed E-state index contributed by atoms with van der Waals surface area (Å²) in [7, 11) is 0. The van der Waals surface area contributed by atoms with E-state index < -0.39 is 0 Å². The third kappa shape index (κ3) is 4.40. The molecule has 0 spiro atoms. The van der Waals surface area contributed by atoms with Crippen LogP contribution in [0.3, 0.4) is 0 Å². The maximum atomic E-state index is 13.1. The van der Waals surface area contributed by atoms with E-state index in [0.717, 1.165) is 23.5 Å². The van der Waals surface area contributed by atoms with E-state index in [9.17, 15) is 4.79 Å². The lowest BCUT2D eigenvalue weighted by Crippen LogP contribution is -2.32. The van der Waals surface area contributed by atoms with Crippen molar-refractivity contribution in [3.8, 4) is 0 Å². The molecule has 0 aromatic carbocycles. The molecule has 4 aromatic heterocycles. The Hall–Kier alpha value is -2.93. The molecule has 0 fully saturated rings. The number of thiophene rings is 1. The first kappa shape index (κ1) is 19.4. The molecule has 4 rings (SSSR count). The number of amides is 1. The van der Waals surface area contributed by atoms with Gasteiger partial charge in [0.25, 0.3) is 0 Å². The molecule has 7 heteroatoms. The fourth-order valence-electron chi connectivity index (χ4n) is 3.64. The van der Waals surface area contributed by atoms with Crippen molar-refractivity contribution in [1.29, 1.82) is 0 Å². The van der Waals surface area contributed by atoms with Crippen molar-refractivity contribution in [2.75, 3.05) is 0 Å². The zero-order valence-corrected chi connectivity index (χ0v) is 17.4. The largest absolute Gasteiger partial charge is 0.346 e. The molecule has 1 unspecified atom stereocenters. The first-order chi connectivity index (χ1) is 14.1. The summed E-state index contributed by atoms with van der Waals surface area (Å²) in [5.74, 6) is 1.19. The number of rotatable bonds is 8. The summed E-state index contributed by atoms with van der Waals surface area (Å²) in [6, 6.07) is 11.7. The normalized spacial score (nSPS) is 13.6. The van der Waals surface area contributed by atoms with Gasteiger partial charge in [-0.25, -0.2) is 0 Å². The number of hydrogen-bond donors (Lipinski definition) is 1. The van der Waals surface area contributed by atoms with Crippen LogP contribution in [0.2, 0.25) is 0 Å². The van der Waals surface area contributed by atoms with Gasteiger partial charge in [-0.3, -0.25) is 9.20 Å². The maximum Gasteiger partial charge on any atom is 0.223 e. The summed E-state index contributed by atoms with van der Waals surface area (Å²) in [6.07, 6.45) is 7.13. The average Bonchev–Trinajstić information content (AvgIpc) is 3.47. The number of pyridine rings is 1. The third-order valence-electron chi connectivity index (χ3n) is 4.99. The van der Waals surface area contributed by atoms with Crippen molar-refractivity contribution in [3.05, 3.63) is 77.1 Å². The summed E-state index contributed by atoms with van der Waals surface area (Å²) in [4.78, 5) is 13.1. The van der Waals surface area contributed by atoms with Crippen LogP contribution in [0.1, 0.15) is 50.2 Å². The number of carbonyl (C=O) groups is 1. The Bertz CT molecular complexity index is 1020. The molecule has 1 N–H and O–H groups in total. The third-order valence-corrected chi connectivity index (χ3v) is 5.69. The minimum absolute atomic E-state index is 0.00762. The highest BCUT2D eigenvalue weighted by Crippen LogP contribution is 2.26. The molecule has 0 saturated carbocycles. The summed E-state index contributed by atoms with van der Waals surface area (Å²) >= 11 is 1.65. The molecule has 0 aliphatic carbocycles. The van der Waals surface area contributed by atoms with Gasteiger partial charge in [-0.15, -0.1) is 10.2 Å². The quantitative estimate of drug-likeness (QED) is 0.468. The van der Waals surface area contributed by atoms with Crippen LogP contribution in [-0.4, -0.2) is 25.1 Å². The number of fused-ring (bicyclic) bond motifs is 1. The van der Waals surface area contributed by atoms with Crippen LogP contribution in [0.15, 0.2) is 65.7 Å². The second-order valence-electron chi connectivity index (χ2n) is 7.64. The fraction of sp³-hybridized carbons (Fsp3) is 0.318. The lowest BCUT2D eigenvalue weighted by molar-refractivity contribution is -0.122. The van der Waals surface area contributed by atoms with Crippen molar-refractivity contribution in [1.82, 2.24) is 24.5 Å². The molecule has 4 aromatic rings. The van der Waals surface area contributed by atoms with Crippen molar-refractivity contribution >= 4 is 22.9 Å². The van der Waals surface area contributed by atoms with Crippen LogP contribution in [0, 0.1) is 5.92 Å². The fourth-order valence-corrected chi connectivity index (χ4v) is 4.35. The molecule has 2 atom stereocenters. The van der Waals surface area contributed by atoms with Crippen molar-refractivity contribution in [3.63, 3.8) is 0 Å². The summed E-state index contributed by atoms with van der Waals surface area (Å²) in [5, 5.41) is 16.0. The van der Waals surface area contributed by atoms with Gasteiger partial charge in [-0.2, -0.15) is 11.3 Å². The van der Waals surface area contributed by atoms with Gasteiger partial charge >= 0.3 is 0 Å². The van der Waals surface area contributed by atoms with E-state index >= 15 is 0 Å². The van der Waals surface area contributed by atoms with E-state index in [1.165, 1.54) is 0 Å². The molecule has 0 aliphatic heterocycles. The number of nitrogens with zero attached hydrogens (tertiary/aromatic N) is 4. The number of aromatic nitrogens is 4. The van der Waals surface area contributed by atoms with Gasteiger partial charge in [0, 0.05) is 18.6 Å². The van der Waals surface area contributed by atoms with E-state index in [4.69, 9.17) is 0 Å². The van der Waals surface area contributed by atoms with E-state index in [0.29, 0.717) is 12.3 Å². The molecule has 0 bridgehead atoms. The molecule has 1 amide bonds. The van der Waals surface area contributed by atoms with Gasteiger partial charge in [-0.1, -0.05) is 19.9 Å². The van der Waals surface area contributed by atoms with Crippen LogP contribution in [0.4, 0.5) is 0 Å². The van der Waals surface area contributed by atoms with E-state index in [2.05, 4.69) is 45.4 Å².